The zero-order valence-electron chi connectivity index (χ0n) is 45.7. The molecule has 0 aliphatic heterocycles. The minimum Gasteiger partial charge on any atom is -0.491 e. The van der Waals surface area contributed by atoms with Gasteiger partial charge in [0.05, 0.1) is 101 Å². The molecule has 0 aliphatic carbocycles. The van der Waals surface area contributed by atoms with Crippen LogP contribution < -0.4 is 9.47 Å². The van der Waals surface area contributed by atoms with Gasteiger partial charge in [-0.1, -0.05) is 0 Å². The molecule has 12 aromatic heterocycles. The molecule has 6 aromatic carbocycles. The molecule has 19 heteroatoms. The fourth-order valence-electron chi connectivity index (χ4n) is 12.4. The van der Waals surface area contributed by atoms with Crippen LogP contribution in [0.25, 0.3) is 177 Å². The van der Waals surface area contributed by atoms with E-state index in [0.717, 1.165) is 154 Å². The van der Waals surface area contributed by atoms with Crippen LogP contribution in [0.2, 0.25) is 0 Å². The summed E-state index contributed by atoms with van der Waals surface area (Å²) in [5, 5.41) is 7.29. The Hall–Kier alpha value is -12.0. The summed E-state index contributed by atoms with van der Waals surface area (Å²) in [6.07, 6.45) is 14.3. The van der Waals surface area contributed by atoms with Crippen molar-refractivity contribution in [3.63, 3.8) is 0 Å². The second-order valence-corrected chi connectivity index (χ2v) is 21.2. The van der Waals surface area contributed by atoms with Gasteiger partial charge in [-0.25, -0.2) is 19.9 Å². The number of pyridine rings is 8. The number of H-pyrrole nitrogens is 4. The van der Waals surface area contributed by atoms with E-state index in [2.05, 4.69) is 32.1 Å². The molecule has 18 rings (SSSR count). The van der Waals surface area contributed by atoms with E-state index in [1.807, 2.05) is 121 Å². The van der Waals surface area contributed by atoms with Gasteiger partial charge in [0.1, 0.15) is 48.0 Å². The van der Waals surface area contributed by atoms with Crippen LogP contribution in [-0.2, 0) is 4.74 Å². The molecular weight excluding hydrogens is 1090 g/mol. The smallest absolute Gasteiger partial charge is 0.138 e. The van der Waals surface area contributed by atoms with E-state index >= 15 is 0 Å². The van der Waals surface area contributed by atoms with Gasteiger partial charge in [-0.2, -0.15) is 0 Å². The van der Waals surface area contributed by atoms with Crippen molar-refractivity contribution in [1.29, 1.82) is 0 Å². The third-order valence-corrected chi connectivity index (χ3v) is 16.2. The normalized spacial score (nSPS) is 12.1. The Balaban J connectivity index is 0.663. The lowest BCUT2D eigenvalue weighted by Crippen LogP contribution is -2.12. The molecule has 0 unspecified atom stereocenters. The highest BCUT2D eigenvalue weighted by molar-refractivity contribution is 6.24. The van der Waals surface area contributed by atoms with Crippen LogP contribution in [0.5, 0.6) is 11.5 Å². The highest BCUT2D eigenvalue weighted by Crippen LogP contribution is 2.41. The number of hydrogen-bond acceptors (Lipinski definition) is 15. The summed E-state index contributed by atoms with van der Waals surface area (Å²) in [5.41, 5.74) is 16.1. The molecular formula is C68H42N16O3. The molecule has 0 bridgehead atoms. The summed E-state index contributed by atoms with van der Waals surface area (Å²) < 4.78 is 19.4. The number of nitrogens with zero attached hydrogens (tertiary/aromatic N) is 12. The highest BCUT2D eigenvalue weighted by atomic mass is 16.5. The van der Waals surface area contributed by atoms with E-state index < -0.39 is 0 Å². The number of benzene rings is 6. The lowest BCUT2D eigenvalue weighted by atomic mass is 10.1. The van der Waals surface area contributed by atoms with Gasteiger partial charge >= 0.3 is 0 Å². The molecule has 19 nitrogen and oxygen atoms in total. The van der Waals surface area contributed by atoms with Crippen molar-refractivity contribution < 1.29 is 14.2 Å². The van der Waals surface area contributed by atoms with Crippen LogP contribution in [0.3, 0.4) is 0 Å². The maximum atomic E-state index is 6.59. The monoisotopic (exact) mass is 1130 g/mol. The fourth-order valence-corrected chi connectivity index (χ4v) is 12.4. The van der Waals surface area contributed by atoms with Crippen molar-refractivity contribution in [2.45, 2.75) is 0 Å². The Morgan fingerprint density at radius 2 is 0.483 bits per heavy atom. The van der Waals surface area contributed by atoms with E-state index in [0.29, 0.717) is 34.8 Å². The molecule has 0 aliphatic rings. The van der Waals surface area contributed by atoms with Crippen molar-refractivity contribution in [2.24, 2.45) is 0 Å². The molecule has 12 heterocycles. The fraction of sp³-hybridized carbons (Fsp3) is 0.0588. The lowest BCUT2D eigenvalue weighted by Gasteiger charge is -2.12. The number of hydrogen-bond donors (Lipinski definition) is 4. The van der Waals surface area contributed by atoms with Gasteiger partial charge in [-0.3, -0.25) is 39.9 Å². The first-order valence-corrected chi connectivity index (χ1v) is 28.3. The quantitative estimate of drug-likeness (QED) is 0.0656. The third-order valence-electron chi connectivity index (χ3n) is 16.2. The van der Waals surface area contributed by atoms with Gasteiger partial charge < -0.3 is 34.1 Å². The maximum absolute atomic E-state index is 6.59. The molecule has 0 spiro atoms. The number of nitrogens with one attached hydrogen (secondary N) is 4. The lowest BCUT2D eigenvalue weighted by molar-refractivity contribution is 0.0765. The number of aromatic amines is 4. The zero-order chi connectivity index (χ0) is 57.1. The summed E-state index contributed by atoms with van der Waals surface area (Å²) in [6.45, 7) is 1.02. The van der Waals surface area contributed by atoms with Crippen LogP contribution in [0.1, 0.15) is 0 Å². The third kappa shape index (κ3) is 7.79. The first-order valence-electron chi connectivity index (χ1n) is 28.3. The van der Waals surface area contributed by atoms with Crippen LogP contribution in [-0.4, -0.2) is 106 Å². The summed E-state index contributed by atoms with van der Waals surface area (Å²) in [4.78, 5) is 73.5. The summed E-state index contributed by atoms with van der Waals surface area (Å²) in [7, 11) is 0. The van der Waals surface area contributed by atoms with Gasteiger partial charge in [0, 0.05) is 115 Å². The Morgan fingerprint density at radius 1 is 0.253 bits per heavy atom. The summed E-state index contributed by atoms with van der Waals surface area (Å²) >= 11 is 0. The van der Waals surface area contributed by atoms with Crippen molar-refractivity contribution in [1.82, 2.24) is 79.7 Å². The van der Waals surface area contributed by atoms with Crippen molar-refractivity contribution >= 4 is 131 Å². The van der Waals surface area contributed by atoms with Crippen LogP contribution in [0, 0.1) is 0 Å². The molecule has 0 atom stereocenters. The Kier molecular flexibility index (Phi) is 10.8. The van der Waals surface area contributed by atoms with E-state index in [1.54, 1.807) is 49.6 Å². The standard InChI is InChI=1S/C68H42N16O3/c1-9-41-49(69-17-1)50-42(10-2-18-70-50)58-57(41)77-65(78-58)35-29-36(66-79-59-43-11-3-19-71-51(43)52-44(60(59)80-66)12-4-20-72-52)32-39(31-35)86-27-25-85-26-28-87-40-33-37(67-81-61-45-13-5-21-73-53(45)54-46(62(61)82-67)14-6-22-74-54)30-38(34-40)68-83-63-47-15-7-23-75-55(47)56-48(64(63)84-68)16-8-24-76-56/h1-24,29-34H,25-28H2,(H,77,78)(H,79,80)(H,81,82)(H,83,84). The summed E-state index contributed by atoms with van der Waals surface area (Å²) in [6, 6.07) is 43.8. The average molecular weight is 1130 g/mol. The number of aromatic nitrogens is 16. The highest BCUT2D eigenvalue weighted by Gasteiger charge is 2.23. The van der Waals surface area contributed by atoms with Gasteiger partial charge in [-0.15, -0.1) is 0 Å². The largest absolute Gasteiger partial charge is 0.491 e. The van der Waals surface area contributed by atoms with Gasteiger partial charge in [0.15, 0.2) is 0 Å². The predicted molar refractivity (Wildman–Crippen MR) is 337 cm³/mol. The van der Waals surface area contributed by atoms with Gasteiger partial charge in [-0.05, 0) is 133 Å². The predicted octanol–water partition coefficient (Wildman–Crippen LogP) is 13.7. The number of rotatable bonds is 12. The second kappa shape index (κ2) is 19.3. The van der Waals surface area contributed by atoms with E-state index in [9.17, 15) is 0 Å². The van der Waals surface area contributed by atoms with Crippen LogP contribution in [0.4, 0.5) is 0 Å². The van der Waals surface area contributed by atoms with E-state index in [1.165, 1.54) is 0 Å². The SMILES string of the molecule is c1cnc2c(c1)c1nc(-c3cc(OCCOCCOc4cc(-c5nc6c7cccnc7c7ncccc7c6[nH]5)cc(-c5nc6c7cccnc7c7ncccc7c6[nH]5)c4)cc(-c4nc5c6cccnc6c6ncccc6c5[nH]4)c3)[nH]c1c1cccnc12. The zero-order valence-corrected chi connectivity index (χ0v) is 45.7. The first-order chi connectivity index (χ1) is 43.1. The van der Waals surface area contributed by atoms with Crippen LogP contribution in [0.15, 0.2) is 183 Å². The topological polar surface area (TPSA) is 246 Å². The number of fused-ring (bicyclic) bond motifs is 24. The van der Waals surface area contributed by atoms with Gasteiger partial charge in [0.2, 0.25) is 0 Å². The minimum absolute atomic E-state index is 0.239. The molecule has 18 aromatic rings. The maximum Gasteiger partial charge on any atom is 0.138 e. The van der Waals surface area contributed by atoms with Crippen LogP contribution >= 0.6 is 0 Å². The molecule has 0 fully saturated rings. The van der Waals surface area contributed by atoms with Crippen molar-refractivity contribution in [3.8, 4) is 57.1 Å². The molecule has 0 saturated carbocycles. The average Bonchev–Trinajstić information content (AvgIpc) is 3.02. The second-order valence-electron chi connectivity index (χ2n) is 21.2. The molecule has 0 saturated heterocycles. The Bertz CT molecular complexity index is 4880. The van der Waals surface area contributed by atoms with E-state index in [-0.39, 0.29) is 26.4 Å². The van der Waals surface area contributed by atoms with Crippen molar-refractivity contribution in [3.05, 3.63) is 183 Å². The number of ether oxygens (including phenoxy) is 3. The van der Waals surface area contributed by atoms with Gasteiger partial charge in [0.25, 0.3) is 0 Å². The molecule has 0 radical (unpaired) electrons. The molecule has 4 N–H and O–H groups in total. The first kappa shape index (κ1) is 48.6. The van der Waals surface area contributed by atoms with E-state index in [4.69, 9.17) is 74.0 Å². The van der Waals surface area contributed by atoms with Crippen molar-refractivity contribution in [2.75, 3.05) is 26.4 Å². The Labute approximate surface area is 489 Å². The molecule has 87 heavy (non-hydrogen) atoms. The summed E-state index contributed by atoms with van der Waals surface area (Å²) in [5.74, 6) is 3.78. The minimum atomic E-state index is 0.239. The Morgan fingerprint density at radius 3 is 0.736 bits per heavy atom. The number of imidazole rings is 4. The molecule has 0 amide bonds. The molecule has 412 valence electrons.